The van der Waals surface area contributed by atoms with Gasteiger partial charge in [0.25, 0.3) is 0 Å². The Morgan fingerprint density at radius 2 is 1.61 bits per heavy atom. The summed E-state index contributed by atoms with van der Waals surface area (Å²) >= 11 is 9.46. The van der Waals surface area contributed by atoms with E-state index in [1.165, 1.54) is 5.56 Å². The molecule has 0 aromatic heterocycles. The molecule has 0 aliphatic heterocycles. The van der Waals surface area contributed by atoms with Crippen LogP contribution in [0.15, 0.2) is 88.5 Å². The van der Waals surface area contributed by atoms with Crippen molar-refractivity contribution in [3.05, 3.63) is 105 Å². The van der Waals surface area contributed by atoms with Gasteiger partial charge in [-0.05, 0) is 59.9 Å². The normalized spacial score (nSPS) is 18.6. The van der Waals surface area contributed by atoms with Crippen molar-refractivity contribution < 1.29 is 9.63 Å². The highest BCUT2D eigenvalue weighted by atomic mass is 79.9. The zero-order valence-corrected chi connectivity index (χ0v) is 17.2. The van der Waals surface area contributed by atoms with Gasteiger partial charge in [-0.1, -0.05) is 75.2 Å². The molecule has 1 aliphatic carbocycles. The molecule has 3 nitrogen and oxygen atoms in total. The minimum Gasteiger partial charge on any atom is -0.313 e. The maximum atomic E-state index is 12.3. The number of oxime groups is 1. The van der Waals surface area contributed by atoms with Crippen molar-refractivity contribution in [2.75, 3.05) is 0 Å². The summed E-state index contributed by atoms with van der Waals surface area (Å²) in [5.74, 6) is 0.0833. The molecule has 0 amide bonds. The summed E-state index contributed by atoms with van der Waals surface area (Å²) in [4.78, 5) is 17.6. The van der Waals surface area contributed by atoms with Crippen molar-refractivity contribution in [2.24, 2.45) is 11.1 Å². The highest BCUT2D eigenvalue weighted by Gasteiger charge is 2.43. The van der Waals surface area contributed by atoms with Crippen LogP contribution in [0.3, 0.4) is 0 Å². The van der Waals surface area contributed by atoms with E-state index in [4.69, 9.17) is 16.4 Å². The third-order valence-electron chi connectivity index (χ3n) is 4.82. The predicted octanol–water partition coefficient (Wildman–Crippen LogP) is 6.47. The Morgan fingerprint density at radius 1 is 0.929 bits per heavy atom. The Hall–Kier alpha value is -2.43. The van der Waals surface area contributed by atoms with Crippen molar-refractivity contribution in [3.63, 3.8) is 0 Å². The molecule has 3 aromatic rings. The van der Waals surface area contributed by atoms with Gasteiger partial charge in [0.1, 0.15) is 0 Å². The van der Waals surface area contributed by atoms with Crippen LogP contribution < -0.4 is 0 Å². The summed E-state index contributed by atoms with van der Waals surface area (Å²) in [5, 5.41) is 5.00. The van der Waals surface area contributed by atoms with E-state index in [-0.39, 0.29) is 5.92 Å². The van der Waals surface area contributed by atoms with Gasteiger partial charge in [0.05, 0.1) is 11.3 Å². The van der Waals surface area contributed by atoms with Gasteiger partial charge in [-0.15, -0.1) is 0 Å². The lowest BCUT2D eigenvalue weighted by atomic mass is 10.0. The Balaban J connectivity index is 1.59. The summed E-state index contributed by atoms with van der Waals surface area (Å²) < 4.78 is 0.988. The predicted molar refractivity (Wildman–Crippen MR) is 115 cm³/mol. The van der Waals surface area contributed by atoms with E-state index in [1.807, 2.05) is 54.6 Å². The first-order valence-corrected chi connectivity index (χ1v) is 10.1. The summed E-state index contributed by atoms with van der Waals surface area (Å²) in [6, 6.07) is 24.7. The molecule has 0 bridgehead atoms. The number of benzene rings is 3. The van der Waals surface area contributed by atoms with Crippen molar-refractivity contribution in [1.29, 1.82) is 0 Å². The summed E-state index contributed by atoms with van der Waals surface area (Å²) in [5.41, 5.74) is 3.43. The lowest BCUT2D eigenvalue weighted by Gasteiger charge is -2.07. The van der Waals surface area contributed by atoms with E-state index >= 15 is 0 Å². The highest BCUT2D eigenvalue weighted by Crippen LogP contribution is 2.49. The monoisotopic (exact) mass is 453 g/mol. The van der Waals surface area contributed by atoms with Crippen LogP contribution in [-0.4, -0.2) is 11.7 Å². The SMILES string of the molecule is O=C(O/N=C(/c1ccc(Br)cc1)[C@@H]1C[C@H]1c1ccc(Cl)cc1)c1ccccc1. The maximum absolute atomic E-state index is 12.3. The molecular formula is C23H17BrClNO2. The molecule has 0 N–H and O–H groups in total. The Morgan fingerprint density at radius 3 is 2.29 bits per heavy atom. The third kappa shape index (κ3) is 4.34. The van der Waals surface area contributed by atoms with Crippen molar-refractivity contribution in [3.8, 4) is 0 Å². The molecule has 0 unspecified atom stereocenters. The molecule has 28 heavy (non-hydrogen) atoms. The molecule has 4 rings (SSSR count). The highest BCUT2D eigenvalue weighted by molar-refractivity contribution is 9.10. The lowest BCUT2D eigenvalue weighted by molar-refractivity contribution is 0.0515. The van der Waals surface area contributed by atoms with Gasteiger partial charge in [-0.25, -0.2) is 4.79 Å². The second-order valence-corrected chi connectivity index (χ2v) is 8.08. The van der Waals surface area contributed by atoms with Crippen LogP contribution in [0.1, 0.15) is 33.8 Å². The van der Waals surface area contributed by atoms with Gasteiger partial charge in [0.2, 0.25) is 0 Å². The van der Waals surface area contributed by atoms with E-state index in [1.54, 1.807) is 24.3 Å². The van der Waals surface area contributed by atoms with Crippen LogP contribution in [0.2, 0.25) is 5.02 Å². The number of rotatable bonds is 5. The summed E-state index contributed by atoms with van der Waals surface area (Å²) in [6.07, 6.45) is 0.958. The molecule has 1 fully saturated rings. The van der Waals surface area contributed by atoms with E-state index < -0.39 is 5.97 Å². The van der Waals surface area contributed by atoms with Crippen molar-refractivity contribution in [1.82, 2.24) is 0 Å². The minimum atomic E-state index is -0.459. The second kappa shape index (κ2) is 8.29. The molecular weight excluding hydrogens is 438 g/mol. The van der Waals surface area contributed by atoms with Gasteiger partial charge in [0.15, 0.2) is 0 Å². The van der Waals surface area contributed by atoms with Crippen LogP contribution in [0.4, 0.5) is 0 Å². The van der Waals surface area contributed by atoms with E-state index in [0.29, 0.717) is 11.5 Å². The van der Waals surface area contributed by atoms with Gasteiger partial charge in [0, 0.05) is 15.4 Å². The lowest BCUT2D eigenvalue weighted by Crippen LogP contribution is -2.09. The molecule has 0 heterocycles. The molecule has 5 heteroatoms. The first-order chi connectivity index (χ1) is 13.6. The standard InChI is InChI=1S/C23H17BrClNO2/c24-18-10-6-16(7-11-18)22(26-28-23(27)17-4-2-1-3-5-17)21-14-20(21)15-8-12-19(25)13-9-15/h1-13,20-21H,14H2/b26-22-/t20-,21+/m0/s1. The number of hydrogen-bond donors (Lipinski definition) is 0. The molecule has 0 radical (unpaired) electrons. The van der Waals surface area contributed by atoms with E-state index in [0.717, 1.165) is 27.2 Å². The van der Waals surface area contributed by atoms with Crippen LogP contribution in [0.25, 0.3) is 0 Å². The van der Waals surface area contributed by atoms with E-state index in [2.05, 4.69) is 21.1 Å². The average molecular weight is 455 g/mol. The van der Waals surface area contributed by atoms with E-state index in [9.17, 15) is 4.79 Å². The smallest absolute Gasteiger partial charge is 0.313 e. The number of carbonyl (C=O) groups is 1. The summed E-state index contributed by atoms with van der Waals surface area (Å²) in [7, 11) is 0. The maximum Gasteiger partial charge on any atom is 0.365 e. The third-order valence-corrected chi connectivity index (χ3v) is 5.60. The quantitative estimate of drug-likeness (QED) is 0.252. The largest absolute Gasteiger partial charge is 0.365 e. The number of carbonyl (C=O) groups excluding carboxylic acids is 1. The van der Waals surface area contributed by atoms with Gasteiger partial charge >= 0.3 is 5.97 Å². The first kappa shape index (κ1) is 18.9. The molecule has 1 saturated carbocycles. The fourth-order valence-corrected chi connectivity index (χ4v) is 3.64. The molecule has 3 aromatic carbocycles. The second-order valence-electron chi connectivity index (χ2n) is 6.73. The molecule has 140 valence electrons. The number of nitrogens with zero attached hydrogens (tertiary/aromatic N) is 1. The number of halogens is 2. The Labute approximate surface area is 177 Å². The van der Waals surface area contributed by atoms with Crippen LogP contribution >= 0.6 is 27.5 Å². The van der Waals surface area contributed by atoms with Gasteiger partial charge in [-0.2, -0.15) is 0 Å². The number of hydrogen-bond acceptors (Lipinski definition) is 3. The zero-order chi connectivity index (χ0) is 19.5. The molecule has 1 aliphatic rings. The molecule has 0 saturated heterocycles. The topological polar surface area (TPSA) is 38.7 Å². The van der Waals surface area contributed by atoms with Gasteiger partial charge in [-0.3, -0.25) is 0 Å². The first-order valence-electron chi connectivity index (χ1n) is 8.97. The molecule has 2 atom stereocenters. The Bertz CT molecular complexity index is 1000. The van der Waals surface area contributed by atoms with Crippen molar-refractivity contribution in [2.45, 2.75) is 12.3 Å². The fourth-order valence-electron chi connectivity index (χ4n) is 3.25. The van der Waals surface area contributed by atoms with Crippen LogP contribution in [-0.2, 0) is 4.84 Å². The summed E-state index contributed by atoms with van der Waals surface area (Å²) in [6.45, 7) is 0. The average Bonchev–Trinajstić information content (AvgIpc) is 3.51. The Kier molecular flexibility index (Phi) is 5.60. The van der Waals surface area contributed by atoms with Crippen molar-refractivity contribution >= 4 is 39.2 Å². The zero-order valence-electron chi connectivity index (χ0n) is 14.9. The minimum absolute atomic E-state index is 0.200. The van der Waals surface area contributed by atoms with Crippen LogP contribution in [0, 0.1) is 5.92 Å². The van der Waals surface area contributed by atoms with Gasteiger partial charge < -0.3 is 4.84 Å². The van der Waals surface area contributed by atoms with Crippen LogP contribution in [0.5, 0.6) is 0 Å². The fraction of sp³-hybridized carbons (Fsp3) is 0.130. The molecule has 0 spiro atoms.